The summed E-state index contributed by atoms with van der Waals surface area (Å²) in [7, 11) is 0. The largest absolute Gasteiger partial charge is 0.494 e. The van der Waals surface area contributed by atoms with Crippen molar-refractivity contribution in [2.45, 2.75) is 32.6 Å². The number of primary amides is 1. The van der Waals surface area contributed by atoms with Gasteiger partial charge in [0.1, 0.15) is 5.75 Å². The zero-order valence-corrected chi connectivity index (χ0v) is 13.1. The van der Waals surface area contributed by atoms with E-state index < -0.39 is 0 Å². The van der Waals surface area contributed by atoms with Crippen LogP contribution in [0.2, 0.25) is 0 Å². The molecule has 120 valence electrons. The number of aryl methyl sites for hydroxylation is 1. The third-order valence-electron chi connectivity index (χ3n) is 4.04. The molecular weight excluding hydrogens is 280 g/mol. The van der Waals surface area contributed by atoms with Crippen LogP contribution in [0.25, 0.3) is 0 Å². The van der Waals surface area contributed by atoms with Gasteiger partial charge in [0.2, 0.25) is 11.8 Å². The third kappa shape index (κ3) is 4.76. The quantitative estimate of drug-likeness (QED) is 0.816. The van der Waals surface area contributed by atoms with E-state index in [2.05, 4.69) is 0 Å². The van der Waals surface area contributed by atoms with E-state index in [-0.39, 0.29) is 17.7 Å². The Morgan fingerprint density at radius 2 is 2.05 bits per heavy atom. The summed E-state index contributed by atoms with van der Waals surface area (Å²) in [6, 6.07) is 7.88. The summed E-state index contributed by atoms with van der Waals surface area (Å²) in [4.78, 5) is 25.0. The van der Waals surface area contributed by atoms with Crippen LogP contribution < -0.4 is 10.5 Å². The van der Waals surface area contributed by atoms with E-state index in [4.69, 9.17) is 10.5 Å². The highest BCUT2D eigenvalue weighted by molar-refractivity contribution is 5.78. The van der Waals surface area contributed by atoms with Gasteiger partial charge in [0.15, 0.2) is 0 Å². The number of benzene rings is 1. The molecule has 5 nitrogen and oxygen atoms in total. The van der Waals surface area contributed by atoms with E-state index in [9.17, 15) is 9.59 Å². The molecule has 0 radical (unpaired) electrons. The van der Waals surface area contributed by atoms with Crippen molar-refractivity contribution in [3.8, 4) is 5.75 Å². The Kier molecular flexibility index (Phi) is 5.81. The van der Waals surface area contributed by atoms with Crippen LogP contribution >= 0.6 is 0 Å². The molecule has 0 aliphatic carbocycles. The minimum atomic E-state index is -0.251. The first-order chi connectivity index (χ1) is 10.6. The average molecular weight is 304 g/mol. The van der Waals surface area contributed by atoms with Crippen molar-refractivity contribution in [2.75, 3.05) is 19.7 Å². The number of nitrogens with two attached hydrogens (primary N) is 1. The molecule has 2 amide bonds. The first-order valence-corrected chi connectivity index (χ1v) is 7.83. The Morgan fingerprint density at radius 3 is 2.68 bits per heavy atom. The molecule has 1 saturated heterocycles. The van der Waals surface area contributed by atoms with Gasteiger partial charge < -0.3 is 15.4 Å². The van der Waals surface area contributed by atoms with Gasteiger partial charge in [0.25, 0.3) is 0 Å². The van der Waals surface area contributed by atoms with Crippen molar-refractivity contribution in [1.82, 2.24) is 4.90 Å². The fourth-order valence-electron chi connectivity index (χ4n) is 2.69. The second-order valence-electron chi connectivity index (χ2n) is 5.83. The molecule has 1 aromatic carbocycles. The van der Waals surface area contributed by atoms with Crippen molar-refractivity contribution in [2.24, 2.45) is 11.7 Å². The molecule has 1 aliphatic rings. The number of nitrogens with zero attached hydrogens (tertiary/aromatic N) is 1. The van der Waals surface area contributed by atoms with Gasteiger partial charge >= 0.3 is 0 Å². The number of hydrogen-bond acceptors (Lipinski definition) is 3. The van der Waals surface area contributed by atoms with Crippen LogP contribution in [0, 0.1) is 12.8 Å². The first kappa shape index (κ1) is 16.3. The Balaban J connectivity index is 1.65. The average Bonchev–Trinajstić information content (AvgIpc) is 2.51. The molecule has 2 N–H and O–H groups in total. The molecule has 0 bridgehead atoms. The predicted molar refractivity (Wildman–Crippen MR) is 84.4 cm³/mol. The molecule has 1 fully saturated rings. The smallest absolute Gasteiger partial charge is 0.222 e. The van der Waals surface area contributed by atoms with Gasteiger partial charge in [-0.1, -0.05) is 12.1 Å². The lowest BCUT2D eigenvalue weighted by Crippen LogP contribution is -2.41. The molecule has 1 heterocycles. The normalized spacial score (nSPS) is 15.6. The van der Waals surface area contributed by atoms with Crippen LogP contribution in [-0.4, -0.2) is 36.4 Å². The molecule has 0 spiro atoms. The van der Waals surface area contributed by atoms with Crippen LogP contribution in [-0.2, 0) is 9.59 Å². The summed E-state index contributed by atoms with van der Waals surface area (Å²) < 4.78 is 5.64. The van der Waals surface area contributed by atoms with Gasteiger partial charge in [0, 0.05) is 25.4 Å². The summed E-state index contributed by atoms with van der Waals surface area (Å²) >= 11 is 0. The number of rotatable bonds is 6. The maximum absolute atomic E-state index is 12.1. The SMILES string of the molecule is Cc1cccc(OCCCC(=O)N2CCC(C(N)=O)CC2)c1. The molecule has 0 saturated carbocycles. The minimum Gasteiger partial charge on any atom is -0.494 e. The first-order valence-electron chi connectivity index (χ1n) is 7.83. The van der Waals surface area contributed by atoms with Crippen molar-refractivity contribution in [3.63, 3.8) is 0 Å². The minimum absolute atomic E-state index is 0.0753. The number of amides is 2. The fraction of sp³-hybridized carbons (Fsp3) is 0.529. The Morgan fingerprint density at radius 1 is 1.32 bits per heavy atom. The molecule has 0 unspecified atom stereocenters. The summed E-state index contributed by atoms with van der Waals surface area (Å²) in [6.45, 7) is 3.81. The van der Waals surface area contributed by atoms with E-state index in [1.165, 1.54) is 0 Å². The summed E-state index contributed by atoms with van der Waals surface area (Å²) in [5, 5.41) is 0. The van der Waals surface area contributed by atoms with Gasteiger partial charge in [-0.2, -0.15) is 0 Å². The Bertz CT molecular complexity index is 522. The van der Waals surface area contributed by atoms with Crippen LogP contribution in [0.1, 0.15) is 31.2 Å². The highest BCUT2D eigenvalue weighted by Gasteiger charge is 2.25. The van der Waals surface area contributed by atoms with E-state index in [0.29, 0.717) is 45.4 Å². The maximum Gasteiger partial charge on any atom is 0.222 e. The second kappa shape index (κ2) is 7.82. The van der Waals surface area contributed by atoms with Crippen molar-refractivity contribution in [1.29, 1.82) is 0 Å². The predicted octanol–water partition coefficient (Wildman–Crippen LogP) is 1.88. The summed E-state index contributed by atoms with van der Waals surface area (Å²) in [5.74, 6) is 0.651. The van der Waals surface area contributed by atoms with Gasteiger partial charge in [0.05, 0.1) is 6.61 Å². The van der Waals surface area contributed by atoms with Crippen molar-refractivity contribution in [3.05, 3.63) is 29.8 Å². The lowest BCUT2D eigenvalue weighted by molar-refractivity contribution is -0.135. The molecule has 22 heavy (non-hydrogen) atoms. The molecule has 0 atom stereocenters. The monoisotopic (exact) mass is 304 g/mol. The number of ether oxygens (including phenoxy) is 1. The number of carbonyl (C=O) groups is 2. The zero-order valence-electron chi connectivity index (χ0n) is 13.1. The number of likely N-dealkylation sites (tertiary alicyclic amines) is 1. The Hall–Kier alpha value is -2.04. The van der Waals surface area contributed by atoms with E-state index >= 15 is 0 Å². The lowest BCUT2D eigenvalue weighted by Gasteiger charge is -2.30. The van der Waals surface area contributed by atoms with Crippen LogP contribution in [0.3, 0.4) is 0 Å². The highest BCUT2D eigenvalue weighted by atomic mass is 16.5. The highest BCUT2D eigenvalue weighted by Crippen LogP contribution is 2.18. The second-order valence-corrected chi connectivity index (χ2v) is 5.83. The summed E-state index contributed by atoms with van der Waals surface area (Å²) in [6.07, 6.45) is 2.54. The van der Waals surface area contributed by atoms with Crippen LogP contribution in [0.4, 0.5) is 0 Å². The molecule has 1 aliphatic heterocycles. The Labute approximate surface area is 131 Å². The van der Waals surface area contributed by atoms with Gasteiger partial charge in [-0.15, -0.1) is 0 Å². The van der Waals surface area contributed by atoms with Crippen molar-refractivity contribution < 1.29 is 14.3 Å². The lowest BCUT2D eigenvalue weighted by atomic mass is 9.96. The topological polar surface area (TPSA) is 72.6 Å². The van der Waals surface area contributed by atoms with E-state index in [1.807, 2.05) is 36.1 Å². The van der Waals surface area contributed by atoms with Crippen LogP contribution in [0.15, 0.2) is 24.3 Å². The number of piperidine rings is 1. The fourth-order valence-corrected chi connectivity index (χ4v) is 2.69. The standard InChI is InChI=1S/C17H24N2O3/c1-13-4-2-5-15(12-13)22-11-3-6-16(20)19-9-7-14(8-10-19)17(18)21/h2,4-5,12,14H,3,6-11H2,1H3,(H2,18,21). The van der Waals surface area contributed by atoms with Gasteiger partial charge in [-0.3, -0.25) is 9.59 Å². The van der Waals surface area contributed by atoms with Crippen molar-refractivity contribution >= 4 is 11.8 Å². The van der Waals surface area contributed by atoms with E-state index in [1.54, 1.807) is 0 Å². The van der Waals surface area contributed by atoms with E-state index in [0.717, 1.165) is 11.3 Å². The van der Waals surface area contributed by atoms with Gasteiger partial charge in [-0.05, 0) is 43.9 Å². The zero-order chi connectivity index (χ0) is 15.9. The maximum atomic E-state index is 12.1. The number of hydrogen-bond donors (Lipinski definition) is 1. The molecule has 5 heteroatoms. The molecule has 1 aromatic rings. The molecular formula is C17H24N2O3. The molecule has 0 aromatic heterocycles. The molecule has 2 rings (SSSR count). The van der Waals surface area contributed by atoms with Gasteiger partial charge in [-0.25, -0.2) is 0 Å². The summed E-state index contributed by atoms with van der Waals surface area (Å²) in [5.41, 5.74) is 6.45. The number of carbonyl (C=O) groups excluding carboxylic acids is 2. The third-order valence-corrected chi connectivity index (χ3v) is 4.04. The van der Waals surface area contributed by atoms with Crippen LogP contribution in [0.5, 0.6) is 5.75 Å².